The number of nitrogens with zero attached hydrogens (tertiary/aromatic N) is 2. The number of para-hydroxylation sites is 1. The van der Waals surface area contributed by atoms with Crippen molar-refractivity contribution in [3.05, 3.63) is 63.8 Å². The Labute approximate surface area is 211 Å². The summed E-state index contributed by atoms with van der Waals surface area (Å²) < 4.78 is 11.5. The average molecular weight is 519 g/mol. The number of fused-ring (bicyclic) bond motifs is 1. The van der Waals surface area contributed by atoms with Crippen LogP contribution >= 0.6 is 48.0 Å². The molecular weight excluding hydrogens is 492 g/mol. The van der Waals surface area contributed by atoms with E-state index in [9.17, 15) is 0 Å². The third-order valence-corrected chi connectivity index (χ3v) is 5.91. The molecular formula is C23H27Cl4N3O2. The topological polar surface area (TPSA) is 46.6 Å². The predicted molar refractivity (Wildman–Crippen MR) is 138 cm³/mol. The van der Waals surface area contributed by atoms with E-state index in [1.165, 1.54) is 0 Å². The second-order valence-corrected chi connectivity index (χ2v) is 8.18. The van der Waals surface area contributed by atoms with Gasteiger partial charge in [-0.05, 0) is 36.8 Å². The Morgan fingerprint density at radius 3 is 2.59 bits per heavy atom. The summed E-state index contributed by atoms with van der Waals surface area (Å²) in [6, 6.07) is 13.8. The fourth-order valence-corrected chi connectivity index (χ4v) is 3.89. The number of morpholine rings is 1. The van der Waals surface area contributed by atoms with Gasteiger partial charge in [0.25, 0.3) is 0 Å². The summed E-state index contributed by atoms with van der Waals surface area (Å²) in [6.07, 6.45) is 0. The Balaban J connectivity index is 0.00000181. The average Bonchev–Trinajstić information content (AvgIpc) is 2.75. The molecule has 9 heteroatoms. The third kappa shape index (κ3) is 6.77. The molecule has 0 unspecified atom stereocenters. The first-order chi connectivity index (χ1) is 14.6. The number of halogens is 4. The molecule has 0 radical (unpaired) electrons. The fourth-order valence-electron chi connectivity index (χ4n) is 3.57. The van der Waals surface area contributed by atoms with Crippen LogP contribution in [0.4, 0.5) is 5.69 Å². The van der Waals surface area contributed by atoms with E-state index in [0.717, 1.165) is 66.4 Å². The molecule has 0 aliphatic carbocycles. The molecule has 0 atom stereocenters. The predicted octanol–water partition coefficient (Wildman–Crippen LogP) is 6.02. The summed E-state index contributed by atoms with van der Waals surface area (Å²) >= 11 is 12.2. The van der Waals surface area contributed by atoms with Gasteiger partial charge in [0.2, 0.25) is 0 Å². The van der Waals surface area contributed by atoms with E-state index in [1.54, 1.807) is 0 Å². The molecule has 1 fully saturated rings. The largest absolute Gasteiger partial charge is 0.490 e. The van der Waals surface area contributed by atoms with Crippen molar-refractivity contribution in [1.82, 2.24) is 9.88 Å². The van der Waals surface area contributed by atoms with E-state index in [1.807, 2.05) is 37.3 Å². The molecule has 5 nitrogen and oxygen atoms in total. The molecule has 1 aliphatic rings. The third-order valence-electron chi connectivity index (χ3n) is 5.17. The zero-order valence-corrected chi connectivity index (χ0v) is 20.9. The molecule has 1 saturated heterocycles. The van der Waals surface area contributed by atoms with Crippen LogP contribution in [-0.2, 0) is 11.3 Å². The minimum atomic E-state index is 0. The number of ether oxygens (including phenoxy) is 2. The van der Waals surface area contributed by atoms with Crippen LogP contribution in [0.15, 0.2) is 42.5 Å². The number of aromatic nitrogens is 1. The van der Waals surface area contributed by atoms with E-state index in [0.29, 0.717) is 23.2 Å². The minimum Gasteiger partial charge on any atom is -0.490 e. The van der Waals surface area contributed by atoms with Crippen molar-refractivity contribution in [3.8, 4) is 5.75 Å². The number of pyridine rings is 1. The van der Waals surface area contributed by atoms with E-state index >= 15 is 0 Å². The highest BCUT2D eigenvalue weighted by molar-refractivity contribution is 6.42. The van der Waals surface area contributed by atoms with Gasteiger partial charge >= 0.3 is 0 Å². The molecule has 0 spiro atoms. The molecule has 2 aromatic carbocycles. The van der Waals surface area contributed by atoms with Gasteiger partial charge in [0, 0.05) is 42.9 Å². The Hall–Kier alpha value is -1.47. The Bertz CT molecular complexity index is 1030. The van der Waals surface area contributed by atoms with Gasteiger partial charge in [-0.3, -0.25) is 4.90 Å². The summed E-state index contributed by atoms with van der Waals surface area (Å²) in [5.41, 5.74) is 3.88. The van der Waals surface area contributed by atoms with E-state index < -0.39 is 0 Å². The van der Waals surface area contributed by atoms with E-state index in [-0.39, 0.29) is 24.8 Å². The maximum atomic E-state index is 6.14. The van der Waals surface area contributed by atoms with Crippen molar-refractivity contribution in [2.75, 3.05) is 44.8 Å². The molecule has 174 valence electrons. The molecule has 0 bridgehead atoms. The highest BCUT2D eigenvalue weighted by Gasteiger charge is 2.12. The highest BCUT2D eigenvalue weighted by atomic mass is 35.5. The first-order valence-corrected chi connectivity index (χ1v) is 10.9. The molecule has 4 rings (SSSR count). The summed E-state index contributed by atoms with van der Waals surface area (Å²) in [4.78, 5) is 7.10. The fraction of sp³-hybridized carbons (Fsp3) is 0.348. The van der Waals surface area contributed by atoms with Crippen molar-refractivity contribution >= 4 is 64.6 Å². The van der Waals surface area contributed by atoms with Crippen LogP contribution in [0, 0.1) is 6.92 Å². The van der Waals surface area contributed by atoms with Gasteiger partial charge in [-0.2, -0.15) is 0 Å². The van der Waals surface area contributed by atoms with Gasteiger partial charge in [0.15, 0.2) is 0 Å². The zero-order valence-electron chi connectivity index (χ0n) is 17.8. The van der Waals surface area contributed by atoms with Gasteiger partial charge in [0.1, 0.15) is 17.9 Å². The summed E-state index contributed by atoms with van der Waals surface area (Å²) in [5, 5.41) is 5.66. The van der Waals surface area contributed by atoms with Crippen LogP contribution in [-0.4, -0.2) is 49.3 Å². The van der Waals surface area contributed by atoms with Crippen LogP contribution in [0.5, 0.6) is 5.75 Å². The number of aryl methyl sites for hydroxylation is 1. The van der Waals surface area contributed by atoms with Crippen molar-refractivity contribution in [3.63, 3.8) is 0 Å². The number of nitrogens with one attached hydrogen (secondary N) is 1. The Kier molecular flexibility index (Phi) is 10.6. The maximum Gasteiger partial charge on any atom is 0.145 e. The number of hydrogen-bond donors (Lipinski definition) is 1. The summed E-state index contributed by atoms with van der Waals surface area (Å²) in [6.45, 7) is 7.64. The molecule has 0 saturated carbocycles. The summed E-state index contributed by atoms with van der Waals surface area (Å²) in [7, 11) is 0. The molecule has 2 heterocycles. The molecule has 1 aliphatic heterocycles. The van der Waals surface area contributed by atoms with Crippen LogP contribution in [0.1, 0.15) is 11.3 Å². The van der Waals surface area contributed by atoms with Crippen LogP contribution in [0.3, 0.4) is 0 Å². The minimum absolute atomic E-state index is 0. The van der Waals surface area contributed by atoms with Crippen molar-refractivity contribution in [1.29, 1.82) is 0 Å². The van der Waals surface area contributed by atoms with Crippen LogP contribution < -0.4 is 10.1 Å². The normalized spacial score (nSPS) is 13.8. The molecule has 1 N–H and O–H groups in total. The quantitative estimate of drug-likeness (QED) is 0.414. The highest BCUT2D eigenvalue weighted by Crippen LogP contribution is 2.31. The van der Waals surface area contributed by atoms with Gasteiger partial charge in [0.05, 0.1) is 23.3 Å². The van der Waals surface area contributed by atoms with E-state index in [4.69, 9.17) is 37.7 Å². The Morgan fingerprint density at radius 1 is 1.06 bits per heavy atom. The lowest BCUT2D eigenvalue weighted by atomic mass is 10.1. The monoisotopic (exact) mass is 517 g/mol. The van der Waals surface area contributed by atoms with Crippen LogP contribution in [0.25, 0.3) is 10.9 Å². The summed E-state index contributed by atoms with van der Waals surface area (Å²) in [5.74, 6) is 0.807. The lowest BCUT2D eigenvalue weighted by molar-refractivity contribution is 0.0323. The van der Waals surface area contributed by atoms with Crippen molar-refractivity contribution in [2.24, 2.45) is 0 Å². The number of hydrogen-bond acceptors (Lipinski definition) is 5. The molecule has 3 aromatic rings. The lowest BCUT2D eigenvalue weighted by Crippen LogP contribution is -2.38. The molecule has 1 aromatic heterocycles. The SMILES string of the molecule is Cc1cc(NCc2ccc(Cl)c(Cl)c2)c2cccc(OCCN3CCOCC3)c2n1.Cl.Cl. The smallest absolute Gasteiger partial charge is 0.145 e. The van der Waals surface area contributed by atoms with Gasteiger partial charge in [-0.15, -0.1) is 24.8 Å². The number of anilines is 1. The molecule has 0 amide bonds. The second-order valence-electron chi connectivity index (χ2n) is 7.37. The maximum absolute atomic E-state index is 6.14. The zero-order chi connectivity index (χ0) is 20.9. The number of rotatable bonds is 7. The standard InChI is InChI=1S/C23H25Cl2N3O2.2ClH/c1-16-13-21(26-15-17-5-6-19(24)20(25)14-17)18-3-2-4-22(23(18)27-16)30-12-9-28-7-10-29-11-8-28;;/h2-6,13-14H,7-12,15H2,1H3,(H,26,27);2*1H. The van der Waals surface area contributed by atoms with Gasteiger partial charge in [-0.25, -0.2) is 4.98 Å². The molecule has 32 heavy (non-hydrogen) atoms. The Morgan fingerprint density at radius 2 is 1.84 bits per heavy atom. The number of benzene rings is 2. The first-order valence-electron chi connectivity index (χ1n) is 10.1. The van der Waals surface area contributed by atoms with Crippen molar-refractivity contribution in [2.45, 2.75) is 13.5 Å². The lowest BCUT2D eigenvalue weighted by Gasteiger charge is -2.26. The van der Waals surface area contributed by atoms with Crippen molar-refractivity contribution < 1.29 is 9.47 Å². The van der Waals surface area contributed by atoms with Gasteiger partial charge < -0.3 is 14.8 Å². The van der Waals surface area contributed by atoms with Gasteiger partial charge in [-0.1, -0.05) is 41.4 Å². The van der Waals surface area contributed by atoms with E-state index in [2.05, 4.69) is 22.3 Å². The van der Waals surface area contributed by atoms with Crippen LogP contribution in [0.2, 0.25) is 10.0 Å². The second kappa shape index (κ2) is 12.7. The first kappa shape index (κ1) is 26.8.